The molecule has 0 aliphatic rings. The number of anilines is 1. The van der Waals surface area contributed by atoms with Gasteiger partial charge in [-0.05, 0) is 30.4 Å². The van der Waals surface area contributed by atoms with Crippen molar-refractivity contribution in [2.24, 2.45) is 5.41 Å². The highest BCUT2D eigenvalue weighted by Gasteiger charge is 2.18. The zero-order valence-electron chi connectivity index (χ0n) is 12.1. The average Bonchev–Trinajstić information content (AvgIpc) is 2.79. The molecule has 0 fully saturated rings. The van der Waals surface area contributed by atoms with Gasteiger partial charge in [0, 0.05) is 26.5 Å². The molecule has 0 unspecified atom stereocenters. The third-order valence-electron chi connectivity index (χ3n) is 3.27. The molecule has 5 nitrogen and oxygen atoms in total. The zero-order valence-corrected chi connectivity index (χ0v) is 12.1. The molecule has 0 saturated carbocycles. The van der Waals surface area contributed by atoms with Crippen LogP contribution in [0.25, 0.3) is 5.65 Å². The van der Waals surface area contributed by atoms with E-state index in [2.05, 4.69) is 29.2 Å². The van der Waals surface area contributed by atoms with Gasteiger partial charge in [-0.2, -0.15) is 4.98 Å². The quantitative estimate of drug-likeness (QED) is 0.869. The summed E-state index contributed by atoms with van der Waals surface area (Å²) in [6.45, 7) is 8.05. The Morgan fingerprint density at radius 1 is 1.42 bits per heavy atom. The number of fused-ring (bicyclic) bond motifs is 1. The van der Waals surface area contributed by atoms with Gasteiger partial charge in [-0.15, -0.1) is 5.10 Å². The lowest BCUT2D eigenvalue weighted by molar-refractivity contribution is 0.157. The summed E-state index contributed by atoms with van der Waals surface area (Å²) in [6, 6.07) is 4.01. The van der Waals surface area contributed by atoms with Crippen molar-refractivity contribution in [2.75, 3.05) is 25.6 Å². The molecule has 0 aliphatic carbocycles. The van der Waals surface area contributed by atoms with Gasteiger partial charge in [-0.1, -0.05) is 19.9 Å². The third-order valence-corrected chi connectivity index (χ3v) is 3.27. The van der Waals surface area contributed by atoms with Crippen LogP contribution in [-0.2, 0) is 4.74 Å². The highest BCUT2D eigenvalue weighted by Crippen LogP contribution is 2.20. The summed E-state index contributed by atoms with van der Waals surface area (Å²) in [5.74, 6) is 0.680. The molecule has 0 amide bonds. The van der Waals surface area contributed by atoms with Crippen LogP contribution in [0.2, 0.25) is 0 Å². The van der Waals surface area contributed by atoms with Crippen LogP contribution in [0.1, 0.15) is 25.8 Å². The van der Waals surface area contributed by atoms with Crippen LogP contribution in [0.3, 0.4) is 0 Å². The molecule has 0 saturated heterocycles. The largest absolute Gasteiger partial charge is 0.385 e. The van der Waals surface area contributed by atoms with Crippen molar-refractivity contribution >= 4 is 11.6 Å². The molecular formula is C14H22N4O. The maximum atomic E-state index is 5.13. The number of nitrogens with one attached hydrogen (secondary N) is 1. The van der Waals surface area contributed by atoms with Gasteiger partial charge in [0.1, 0.15) is 0 Å². The molecule has 0 aromatic carbocycles. The zero-order chi connectivity index (χ0) is 13.9. The van der Waals surface area contributed by atoms with Gasteiger partial charge in [0.25, 0.3) is 0 Å². The van der Waals surface area contributed by atoms with Crippen LogP contribution in [-0.4, -0.2) is 34.9 Å². The minimum atomic E-state index is 0.155. The van der Waals surface area contributed by atoms with Crippen LogP contribution in [0.5, 0.6) is 0 Å². The number of ether oxygens (including phenoxy) is 1. The fourth-order valence-corrected chi connectivity index (χ4v) is 1.90. The molecular weight excluding hydrogens is 240 g/mol. The van der Waals surface area contributed by atoms with Crippen LogP contribution in [0.4, 0.5) is 5.95 Å². The summed E-state index contributed by atoms with van der Waals surface area (Å²) in [5.41, 5.74) is 2.18. The van der Waals surface area contributed by atoms with Crippen molar-refractivity contribution in [1.29, 1.82) is 0 Å². The summed E-state index contributed by atoms with van der Waals surface area (Å²) in [5, 5.41) is 7.73. The van der Waals surface area contributed by atoms with E-state index in [1.807, 2.05) is 25.3 Å². The van der Waals surface area contributed by atoms with Crippen molar-refractivity contribution in [3.8, 4) is 0 Å². The first-order chi connectivity index (χ1) is 9.02. The Kier molecular flexibility index (Phi) is 4.04. The molecule has 2 heterocycles. The fourth-order valence-electron chi connectivity index (χ4n) is 1.90. The number of hydrogen-bond acceptors (Lipinski definition) is 4. The highest BCUT2D eigenvalue weighted by atomic mass is 16.5. The molecule has 2 rings (SSSR count). The van der Waals surface area contributed by atoms with E-state index in [-0.39, 0.29) is 5.41 Å². The molecule has 2 aromatic rings. The minimum Gasteiger partial charge on any atom is -0.385 e. The summed E-state index contributed by atoms with van der Waals surface area (Å²) in [7, 11) is 1.73. The van der Waals surface area contributed by atoms with Crippen LogP contribution in [0.15, 0.2) is 18.3 Å². The number of pyridine rings is 1. The molecule has 5 heteroatoms. The van der Waals surface area contributed by atoms with Crippen LogP contribution < -0.4 is 5.32 Å². The van der Waals surface area contributed by atoms with Crippen molar-refractivity contribution in [1.82, 2.24) is 14.6 Å². The Labute approximate surface area is 114 Å². The molecule has 0 spiro atoms. The van der Waals surface area contributed by atoms with Crippen molar-refractivity contribution in [3.05, 3.63) is 23.9 Å². The van der Waals surface area contributed by atoms with Gasteiger partial charge < -0.3 is 10.1 Å². The lowest BCUT2D eigenvalue weighted by Gasteiger charge is -2.23. The molecule has 19 heavy (non-hydrogen) atoms. The molecule has 2 aromatic heterocycles. The molecule has 104 valence electrons. The molecule has 0 atom stereocenters. The average molecular weight is 262 g/mol. The minimum absolute atomic E-state index is 0.155. The Morgan fingerprint density at radius 2 is 2.21 bits per heavy atom. The van der Waals surface area contributed by atoms with E-state index in [0.29, 0.717) is 5.95 Å². The number of aromatic nitrogens is 3. The van der Waals surface area contributed by atoms with E-state index < -0.39 is 0 Å². The smallest absolute Gasteiger partial charge is 0.243 e. The van der Waals surface area contributed by atoms with E-state index in [9.17, 15) is 0 Å². The van der Waals surface area contributed by atoms with Crippen molar-refractivity contribution in [3.63, 3.8) is 0 Å². The summed E-state index contributed by atoms with van der Waals surface area (Å²) in [6.07, 6.45) is 2.92. The van der Waals surface area contributed by atoms with Crippen LogP contribution >= 0.6 is 0 Å². The second kappa shape index (κ2) is 5.57. The molecule has 0 aliphatic heterocycles. The summed E-state index contributed by atoms with van der Waals surface area (Å²) < 4.78 is 6.94. The predicted molar refractivity (Wildman–Crippen MR) is 76.5 cm³/mol. The Balaban J connectivity index is 2.04. The maximum Gasteiger partial charge on any atom is 0.243 e. The normalized spacial score (nSPS) is 12.0. The van der Waals surface area contributed by atoms with Crippen molar-refractivity contribution in [2.45, 2.75) is 27.2 Å². The third kappa shape index (κ3) is 3.44. The first-order valence-corrected chi connectivity index (χ1v) is 6.57. The SMILES string of the molecule is COCCC(C)(C)CNc1nc2c(C)cccn2n1. The monoisotopic (exact) mass is 262 g/mol. The topological polar surface area (TPSA) is 51.5 Å². The molecule has 1 N–H and O–H groups in total. The number of methoxy groups -OCH3 is 1. The second-order valence-corrected chi connectivity index (χ2v) is 5.66. The first kappa shape index (κ1) is 13.8. The van der Waals surface area contributed by atoms with E-state index in [4.69, 9.17) is 4.74 Å². The van der Waals surface area contributed by atoms with Gasteiger partial charge in [0.05, 0.1) is 0 Å². The van der Waals surface area contributed by atoms with Gasteiger partial charge in [0.2, 0.25) is 5.95 Å². The van der Waals surface area contributed by atoms with Gasteiger partial charge >= 0.3 is 0 Å². The number of nitrogens with zero attached hydrogens (tertiary/aromatic N) is 3. The standard InChI is InChI=1S/C14H22N4O/c1-11-6-5-8-18-12(11)16-13(17-18)15-10-14(2,3)7-9-19-4/h5-6,8H,7,9-10H2,1-4H3,(H,15,17). The first-order valence-electron chi connectivity index (χ1n) is 6.57. The van der Waals surface area contributed by atoms with E-state index in [0.717, 1.165) is 30.8 Å². The Hall–Kier alpha value is -1.62. The molecule has 0 radical (unpaired) electrons. The van der Waals surface area contributed by atoms with E-state index in [1.54, 1.807) is 11.6 Å². The van der Waals surface area contributed by atoms with E-state index in [1.165, 1.54) is 0 Å². The molecule has 0 bridgehead atoms. The summed E-state index contributed by atoms with van der Waals surface area (Å²) in [4.78, 5) is 4.51. The maximum absolute atomic E-state index is 5.13. The van der Waals surface area contributed by atoms with E-state index >= 15 is 0 Å². The van der Waals surface area contributed by atoms with Crippen molar-refractivity contribution < 1.29 is 4.74 Å². The Bertz CT molecular complexity index is 547. The van der Waals surface area contributed by atoms with Gasteiger partial charge in [-0.25, -0.2) is 4.52 Å². The lowest BCUT2D eigenvalue weighted by Crippen LogP contribution is -2.25. The second-order valence-electron chi connectivity index (χ2n) is 5.66. The predicted octanol–water partition coefficient (Wildman–Crippen LogP) is 2.51. The van der Waals surface area contributed by atoms with Gasteiger partial charge in [0.15, 0.2) is 5.65 Å². The number of rotatable bonds is 6. The number of hydrogen-bond donors (Lipinski definition) is 1. The Morgan fingerprint density at radius 3 is 2.89 bits per heavy atom. The highest BCUT2D eigenvalue weighted by molar-refractivity contribution is 5.49. The van der Waals surface area contributed by atoms with Gasteiger partial charge in [-0.3, -0.25) is 0 Å². The number of aryl methyl sites for hydroxylation is 1. The lowest BCUT2D eigenvalue weighted by atomic mass is 9.90. The van der Waals surface area contributed by atoms with Crippen LogP contribution in [0, 0.1) is 12.3 Å². The summed E-state index contributed by atoms with van der Waals surface area (Å²) >= 11 is 0. The fraction of sp³-hybridized carbons (Fsp3) is 0.571.